The van der Waals surface area contributed by atoms with Crippen molar-refractivity contribution in [1.82, 2.24) is 9.97 Å². The van der Waals surface area contributed by atoms with E-state index in [0.29, 0.717) is 6.61 Å². The molecule has 1 aliphatic heterocycles. The second-order valence-electron chi connectivity index (χ2n) is 7.53. The number of halogens is 1. The summed E-state index contributed by atoms with van der Waals surface area (Å²) in [6.07, 6.45) is 3.69. The van der Waals surface area contributed by atoms with Crippen LogP contribution < -0.4 is 13.9 Å². The fourth-order valence-electron chi connectivity index (χ4n) is 3.75. The van der Waals surface area contributed by atoms with Crippen molar-refractivity contribution in [2.75, 3.05) is 22.3 Å². The Kier molecular flexibility index (Phi) is 6.36. The third-order valence-electron chi connectivity index (χ3n) is 5.32. The first-order valence-corrected chi connectivity index (χ1v) is 12.1. The predicted octanol–water partition coefficient (Wildman–Crippen LogP) is 6.29. The van der Waals surface area contributed by atoms with Gasteiger partial charge in [0.15, 0.2) is 0 Å². The van der Waals surface area contributed by atoms with Gasteiger partial charge in [0.05, 0.1) is 34.8 Å². The first-order chi connectivity index (χ1) is 15.8. The van der Waals surface area contributed by atoms with Gasteiger partial charge >= 0.3 is 0 Å². The number of imidazole rings is 1. The Morgan fingerprint density at radius 1 is 0.969 bits per heavy atom. The molecule has 4 aromatic rings. The Hall–Kier alpha value is -2.90. The van der Waals surface area contributed by atoms with Gasteiger partial charge in [0.2, 0.25) is 0 Å². The molecule has 0 fully saturated rings. The van der Waals surface area contributed by atoms with Gasteiger partial charge in [-0.2, -0.15) is 0 Å². The molecule has 0 aliphatic carbocycles. The van der Waals surface area contributed by atoms with Crippen LogP contribution in [-0.4, -0.2) is 23.1 Å². The average Bonchev–Trinajstić information content (AvgIpc) is 3.27. The van der Waals surface area contributed by atoms with E-state index in [9.17, 15) is 0 Å². The summed E-state index contributed by atoms with van der Waals surface area (Å²) < 4.78 is 9.65. The maximum atomic E-state index is 6.25. The normalized spacial score (nSPS) is 13.5. The highest BCUT2D eigenvalue weighted by Gasteiger charge is 2.24. The number of H-pyrrole nitrogens is 1. The molecule has 5 rings (SSSR count). The van der Waals surface area contributed by atoms with Crippen molar-refractivity contribution in [2.24, 2.45) is 0 Å². The molecule has 5 nitrogen and oxygen atoms in total. The van der Waals surface area contributed by atoms with Crippen molar-refractivity contribution in [3.8, 4) is 5.75 Å². The van der Waals surface area contributed by atoms with Crippen molar-refractivity contribution < 1.29 is 4.74 Å². The Balaban J connectivity index is 1.42. The monoisotopic (exact) mass is 506 g/mol. The molecule has 0 saturated heterocycles. The van der Waals surface area contributed by atoms with E-state index >= 15 is 0 Å². The van der Waals surface area contributed by atoms with E-state index in [-0.39, 0.29) is 0 Å². The SMILES string of the molecule is Brc1ccc2c(c1)SN(c1ccccc1OCc1ccccc1)CCN2Cc1c[nH]cn1. The summed E-state index contributed by atoms with van der Waals surface area (Å²) in [6, 6.07) is 25.0. The van der Waals surface area contributed by atoms with Gasteiger partial charge in [-0.3, -0.25) is 0 Å². The van der Waals surface area contributed by atoms with E-state index < -0.39 is 0 Å². The molecule has 3 aromatic carbocycles. The minimum absolute atomic E-state index is 0.545. The summed E-state index contributed by atoms with van der Waals surface area (Å²) in [4.78, 5) is 11.1. The standard InChI is InChI=1S/C25H23BrN4OS/c26-20-10-11-23-25(14-20)32-30(13-12-29(23)16-21-15-27-18-28-21)22-8-4-5-9-24(22)31-17-19-6-2-1-3-7-19/h1-11,14-15,18H,12-13,16-17H2,(H,27,28). The molecule has 32 heavy (non-hydrogen) atoms. The van der Waals surface area contributed by atoms with Gasteiger partial charge < -0.3 is 18.9 Å². The lowest BCUT2D eigenvalue weighted by atomic mass is 10.2. The number of anilines is 2. The van der Waals surface area contributed by atoms with E-state index in [0.717, 1.165) is 46.8 Å². The van der Waals surface area contributed by atoms with Gasteiger partial charge in [0.1, 0.15) is 12.4 Å². The molecule has 162 valence electrons. The molecule has 7 heteroatoms. The van der Waals surface area contributed by atoms with Crippen molar-refractivity contribution in [3.63, 3.8) is 0 Å². The fourth-order valence-corrected chi connectivity index (χ4v) is 5.39. The summed E-state index contributed by atoms with van der Waals surface area (Å²) in [7, 11) is 0. The number of aromatic nitrogens is 2. The van der Waals surface area contributed by atoms with Crippen molar-refractivity contribution in [1.29, 1.82) is 0 Å². The lowest BCUT2D eigenvalue weighted by Gasteiger charge is -2.25. The zero-order valence-electron chi connectivity index (χ0n) is 17.4. The van der Waals surface area contributed by atoms with Crippen LogP contribution in [0.4, 0.5) is 11.4 Å². The number of ether oxygens (including phenoxy) is 1. The van der Waals surface area contributed by atoms with Crippen LogP contribution in [0.25, 0.3) is 0 Å². The minimum atomic E-state index is 0.545. The van der Waals surface area contributed by atoms with E-state index in [1.165, 1.54) is 10.6 Å². The van der Waals surface area contributed by atoms with Gasteiger partial charge in [-0.05, 0) is 47.8 Å². The van der Waals surface area contributed by atoms with Crippen LogP contribution in [0.2, 0.25) is 0 Å². The van der Waals surface area contributed by atoms with E-state index in [1.54, 1.807) is 18.3 Å². The summed E-state index contributed by atoms with van der Waals surface area (Å²) in [5.41, 5.74) is 4.49. The van der Waals surface area contributed by atoms with Gasteiger partial charge in [-0.1, -0.05) is 58.4 Å². The lowest BCUT2D eigenvalue weighted by molar-refractivity contribution is 0.307. The largest absolute Gasteiger partial charge is 0.487 e. The maximum Gasteiger partial charge on any atom is 0.143 e. The van der Waals surface area contributed by atoms with Crippen LogP contribution in [-0.2, 0) is 13.2 Å². The Morgan fingerprint density at radius 3 is 2.66 bits per heavy atom. The fraction of sp³-hybridized carbons (Fsp3) is 0.160. The van der Waals surface area contributed by atoms with Crippen molar-refractivity contribution >= 4 is 39.3 Å². The third kappa shape index (κ3) is 4.79. The summed E-state index contributed by atoms with van der Waals surface area (Å²) in [5, 5.41) is 0. The van der Waals surface area contributed by atoms with Gasteiger partial charge in [0.25, 0.3) is 0 Å². The average molecular weight is 507 g/mol. The van der Waals surface area contributed by atoms with Crippen LogP contribution >= 0.6 is 27.9 Å². The maximum absolute atomic E-state index is 6.25. The number of nitrogens with one attached hydrogen (secondary N) is 1. The number of aromatic amines is 1. The molecule has 2 heterocycles. The molecule has 0 bridgehead atoms. The number of hydrogen-bond acceptors (Lipinski definition) is 5. The zero-order valence-corrected chi connectivity index (χ0v) is 19.8. The molecule has 0 radical (unpaired) electrons. The Bertz CT molecular complexity index is 1170. The highest BCUT2D eigenvalue weighted by molar-refractivity contribution is 9.10. The molecule has 1 aromatic heterocycles. The van der Waals surface area contributed by atoms with Gasteiger partial charge in [-0.15, -0.1) is 0 Å². The number of rotatable bonds is 6. The smallest absolute Gasteiger partial charge is 0.143 e. The van der Waals surface area contributed by atoms with Crippen LogP contribution in [0.1, 0.15) is 11.3 Å². The molecular formula is C25H23BrN4OS. The van der Waals surface area contributed by atoms with E-state index in [4.69, 9.17) is 4.74 Å². The molecule has 0 unspecified atom stereocenters. The van der Waals surface area contributed by atoms with Crippen molar-refractivity contribution in [2.45, 2.75) is 18.0 Å². The van der Waals surface area contributed by atoms with Gasteiger partial charge in [0, 0.05) is 23.8 Å². The van der Waals surface area contributed by atoms with E-state index in [2.05, 4.69) is 77.6 Å². The summed E-state index contributed by atoms with van der Waals surface area (Å²) >= 11 is 5.40. The lowest BCUT2D eigenvalue weighted by Crippen LogP contribution is -2.29. The topological polar surface area (TPSA) is 44.4 Å². The highest BCUT2D eigenvalue weighted by Crippen LogP contribution is 2.42. The number of para-hydroxylation sites is 2. The minimum Gasteiger partial charge on any atom is -0.487 e. The number of fused-ring (bicyclic) bond motifs is 1. The van der Waals surface area contributed by atoms with Crippen LogP contribution in [0.15, 0.2) is 94.7 Å². The van der Waals surface area contributed by atoms with Crippen LogP contribution in [0.3, 0.4) is 0 Å². The van der Waals surface area contributed by atoms with E-state index in [1.807, 2.05) is 36.5 Å². The zero-order chi connectivity index (χ0) is 21.8. The molecule has 0 spiro atoms. The number of nitrogens with zero attached hydrogens (tertiary/aromatic N) is 3. The number of benzene rings is 3. The Morgan fingerprint density at radius 2 is 1.81 bits per heavy atom. The number of hydrogen-bond donors (Lipinski definition) is 1. The second-order valence-corrected chi connectivity index (χ2v) is 9.51. The molecular weight excluding hydrogens is 484 g/mol. The molecule has 0 atom stereocenters. The molecule has 0 amide bonds. The molecule has 1 N–H and O–H groups in total. The summed E-state index contributed by atoms with van der Waals surface area (Å²) in [5.74, 6) is 0.890. The molecule has 0 saturated carbocycles. The van der Waals surface area contributed by atoms with Crippen molar-refractivity contribution in [3.05, 3.63) is 101 Å². The quantitative estimate of drug-likeness (QED) is 0.311. The summed E-state index contributed by atoms with van der Waals surface area (Å²) in [6.45, 7) is 3.04. The first kappa shape index (κ1) is 21.0. The third-order valence-corrected chi connectivity index (χ3v) is 6.94. The Labute approximate surface area is 200 Å². The highest BCUT2D eigenvalue weighted by atomic mass is 79.9. The van der Waals surface area contributed by atoms with Crippen LogP contribution in [0, 0.1) is 0 Å². The first-order valence-electron chi connectivity index (χ1n) is 10.5. The molecule has 1 aliphatic rings. The predicted molar refractivity (Wildman–Crippen MR) is 134 cm³/mol. The van der Waals surface area contributed by atoms with Crippen LogP contribution in [0.5, 0.6) is 5.75 Å². The second kappa shape index (κ2) is 9.71. The van der Waals surface area contributed by atoms with Gasteiger partial charge in [-0.25, -0.2) is 4.98 Å².